The summed E-state index contributed by atoms with van der Waals surface area (Å²) < 4.78 is 0. The lowest BCUT2D eigenvalue weighted by Gasteiger charge is -2.09. The molecule has 0 heterocycles. The Kier molecular flexibility index (Phi) is 3.08. The minimum Gasteiger partial charge on any atom is -0.423 e. The van der Waals surface area contributed by atoms with E-state index < -0.39 is 18.9 Å². The summed E-state index contributed by atoms with van der Waals surface area (Å²) in [4.78, 5) is 21.9. The SMILES string of the molecule is NC(=O)c1cccc(C(N)=O)c1B(O)O. The van der Waals surface area contributed by atoms with Crippen LogP contribution < -0.4 is 16.9 Å². The summed E-state index contributed by atoms with van der Waals surface area (Å²) in [5.74, 6) is -1.72. The Hall–Kier alpha value is -1.86. The third-order valence-electron chi connectivity index (χ3n) is 1.90. The van der Waals surface area contributed by atoms with Crippen LogP contribution >= 0.6 is 0 Å². The van der Waals surface area contributed by atoms with E-state index in [4.69, 9.17) is 21.5 Å². The van der Waals surface area contributed by atoms with Crippen LogP contribution in [0.15, 0.2) is 18.2 Å². The summed E-state index contributed by atoms with van der Waals surface area (Å²) >= 11 is 0. The summed E-state index contributed by atoms with van der Waals surface area (Å²) in [5, 5.41) is 18.0. The van der Waals surface area contributed by atoms with Gasteiger partial charge >= 0.3 is 7.12 Å². The van der Waals surface area contributed by atoms with Gasteiger partial charge in [-0.25, -0.2) is 0 Å². The van der Waals surface area contributed by atoms with Crippen molar-refractivity contribution in [3.63, 3.8) is 0 Å². The first-order chi connectivity index (χ1) is 6.95. The van der Waals surface area contributed by atoms with Gasteiger partial charge in [-0.15, -0.1) is 0 Å². The molecule has 6 N–H and O–H groups in total. The third kappa shape index (κ3) is 2.14. The van der Waals surface area contributed by atoms with E-state index in [0.29, 0.717) is 0 Å². The Morgan fingerprint density at radius 1 is 1.07 bits per heavy atom. The molecular formula is C8H9BN2O4. The summed E-state index contributed by atoms with van der Waals surface area (Å²) in [7, 11) is -1.98. The van der Waals surface area contributed by atoms with E-state index in [2.05, 4.69) is 0 Å². The molecule has 7 heteroatoms. The van der Waals surface area contributed by atoms with Crippen molar-refractivity contribution in [1.82, 2.24) is 0 Å². The van der Waals surface area contributed by atoms with E-state index in [9.17, 15) is 9.59 Å². The van der Waals surface area contributed by atoms with Crippen LogP contribution in [-0.2, 0) is 0 Å². The second-order valence-corrected chi connectivity index (χ2v) is 2.87. The maximum atomic E-state index is 10.9. The van der Waals surface area contributed by atoms with Crippen LogP contribution in [0.5, 0.6) is 0 Å². The van der Waals surface area contributed by atoms with Gasteiger partial charge in [-0.2, -0.15) is 0 Å². The average molecular weight is 208 g/mol. The number of rotatable bonds is 3. The molecule has 0 saturated carbocycles. The van der Waals surface area contributed by atoms with Gasteiger partial charge in [0.1, 0.15) is 0 Å². The highest BCUT2D eigenvalue weighted by molar-refractivity contribution is 6.62. The van der Waals surface area contributed by atoms with Crippen molar-refractivity contribution < 1.29 is 19.6 Å². The topological polar surface area (TPSA) is 127 Å². The van der Waals surface area contributed by atoms with E-state index in [1.165, 1.54) is 18.2 Å². The maximum Gasteiger partial charge on any atom is 0.490 e. The molecule has 1 rings (SSSR count). The molecule has 0 radical (unpaired) electrons. The van der Waals surface area contributed by atoms with E-state index in [1.807, 2.05) is 0 Å². The van der Waals surface area contributed by atoms with Crippen molar-refractivity contribution in [1.29, 1.82) is 0 Å². The van der Waals surface area contributed by atoms with Crippen LogP contribution in [0.1, 0.15) is 20.7 Å². The number of hydrogen-bond acceptors (Lipinski definition) is 4. The Morgan fingerprint density at radius 2 is 1.47 bits per heavy atom. The van der Waals surface area contributed by atoms with Crippen molar-refractivity contribution in [2.75, 3.05) is 0 Å². The van der Waals surface area contributed by atoms with Crippen LogP contribution in [0, 0.1) is 0 Å². The zero-order valence-electron chi connectivity index (χ0n) is 7.68. The number of hydrogen-bond donors (Lipinski definition) is 4. The van der Waals surface area contributed by atoms with Crippen LogP contribution in [0.4, 0.5) is 0 Å². The van der Waals surface area contributed by atoms with Crippen LogP contribution in [0.3, 0.4) is 0 Å². The normalized spacial score (nSPS) is 9.73. The monoisotopic (exact) mass is 208 g/mol. The number of primary amides is 2. The molecule has 0 fully saturated rings. The first kappa shape index (κ1) is 11.2. The Morgan fingerprint density at radius 3 is 1.73 bits per heavy atom. The molecule has 0 saturated heterocycles. The van der Waals surface area contributed by atoms with Crippen molar-refractivity contribution in [3.8, 4) is 0 Å². The number of nitrogens with two attached hydrogens (primary N) is 2. The smallest absolute Gasteiger partial charge is 0.423 e. The van der Waals surface area contributed by atoms with Gasteiger partial charge in [0, 0.05) is 16.6 Å². The molecule has 6 nitrogen and oxygen atoms in total. The Labute approximate surface area is 85.6 Å². The van der Waals surface area contributed by atoms with Crippen molar-refractivity contribution >= 4 is 24.4 Å². The molecule has 2 amide bonds. The van der Waals surface area contributed by atoms with Gasteiger partial charge in [-0.1, -0.05) is 6.07 Å². The molecule has 0 unspecified atom stereocenters. The third-order valence-corrected chi connectivity index (χ3v) is 1.90. The molecule has 1 aromatic rings. The predicted molar refractivity (Wildman–Crippen MR) is 53.3 cm³/mol. The number of amides is 2. The highest BCUT2D eigenvalue weighted by Gasteiger charge is 2.24. The van der Waals surface area contributed by atoms with E-state index >= 15 is 0 Å². The molecule has 0 aliphatic carbocycles. The van der Waals surface area contributed by atoms with E-state index in [-0.39, 0.29) is 16.6 Å². The van der Waals surface area contributed by atoms with Crippen molar-refractivity contribution in [3.05, 3.63) is 29.3 Å². The largest absolute Gasteiger partial charge is 0.490 e. The van der Waals surface area contributed by atoms with E-state index in [1.54, 1.807) is 0 Å². The van der Waals surface area contributed by atoms with Gasteiger partial charge in [-0.3, -0.25) is 9.59 Å². The Balaban J connectivity index is 3.48. The highest BCUT2D eigenvalue weighted by atomic mass is 16.4. The fourth-order valence-electron chi connectivity index (χ4n) is 1.27. The van der Waals surface area contributed by atoms with Gasteiger partial charge in [0.05, 0.1) is 0 Å². The van der Waals surface area contributed by atoms with Gasteiger partial charge in [0.2, 0.25) is 11.8 Å². The summed E-state index contributed by atoms with van der Waals surface area (Å²) in [6, 6.07) is 3.94. The zero-order valence-corrected chi connectivity index (χ0v) is 7.68. The number of benzene rings is 1. The standard InChI is InChI=1S/C8H9BN2O4/c10-7(12)4-2-1-3-5(8(11)13)6(4)9(14)15/h1-3,14-15H,(H2,10,12)(H2,11,13). The molecule has 0 bridgehead atoms. The van der Waals surface area contributed by atoms with Crippen molar-refractivity contribution in [2.45, 2.75) is 0 Å². The Bertz CT molecular complexity index is 387. The molecular weight excluding hydrogens is 199 g/mol. The zero-order chi connectivity index (χ0) is 11.6. The fourth-order valence-corrected chi connectivity index (χ4v) is 1.27. The van der Waals surface area contributed by atoms with Gasteiger partial charge in [-0.05, 0) is 12.1 Å². The molecule has 0 aromatic heterocycles. The second-order valence-electron chi connectivity index (χ2n) is 2.87. The molecule has 0 aliphatic rings. The van der Waals surface area contributed by atoms with Gasteiger partial charge in [0.25, 0.3) is 0 Å². The summed E-state index contributed by atoms with van der Waals surface area (Å²) in [6.07, 6.45) is 0. The molecule has 0 spiro atoms. The molecule has 15 heavy (non-hydrogen) atoms. The lowest BCUT2D eigenvalue weighted by Crippen LogP contribution is -2.41. The van der Waals surface area contributed by atoms with Gasteiger partial charge < -0.3 is 21.5 Å². The second kappa shape index (κ2) is 4.12. The first-order valence-corrected chi connectivity index (χ1v) is 4.03. The van der Waals surface area contributed by atoms with Crippen LogP contribution in [0.2, 0.25) is 0 Å². The van der Waals surface area contributed by atoms with Crippen molar-refractivity contribution in [2.24, 2.45) is 11.5 Å². The molecule has 0 atom stereocenters. The quantitative estimate of drug-likeness (QED) is 0.411. The van der Waals surface area contributed by atoms with E-state index in [0.717, 1.165) is 0 Å². The molecule has 0 aliphatic heterocycles. The average Bonchev–Trinajstić information content (AvgIpc) is 2.16. The lowest BCUT2D eigenvalue weighted by atomic mass is 9.73. The molecule has 78 valence electrons. The minimum atomic E-state index is -1.98. The fraction of sp³-hybridized carbons (Fsp3) is 0. The van der Waals surface area contributed by atoms with Gasteiger partial charge in [0.15, 0.2) is 0 Å². The lowest BCUT2D eigenvalue weighted by molar-refractivity contribution is 0.0999. The minimum absolute atomic E-state index is 0.138. The highest BCUT2D eigenvalue weighted by Crippen LogP contribution is 2.02. The van der Waals surface area contributed by atoms with Crippen LogP contribution in [-0.4, -0.2) is 29.0 Å². The predicted octanol–water partition coefficient (Wildman–Crippen LogP) is -2.44. The number of carbonyl (C=O) groups excluding carboxylic acids is 2. The number of carbonyl (C=O) groups is 2. The summed E-state index contributed by atoms with van der Waals surface area (Å²) in [6.45, 7) is 0. The molecule has 1 aromatic carbocycles. The maximum absolute atomic E-state index is 10.9. The first-order valence-electron chi connectivity index (χ1n) is 4.03. The van der Waals surface area contributed by atoms with Crippen LogP contribution in [0.25, 0.3) is 0 Å². The summed E-state index contributed by atoms with van der Waals surface area (Å²) in [5.41, 5.74) is 9.47.